The van der Waals surface area contributed by atoms with Crippen LogP contribution in [0.1, 0.15) is 30.9 Å². The van der Waals surface area contributed by atoms with Crippen molar-refractivity contribution >= 4 is 21.1 Å². The summed E-state index contributed by atoms with van der Waals surface area (Å²) in [4.78, 5) is 16.5. The molecule has 0 saturated carbocycles. The van der Waals surface area contributed by atoms with Crippen molar-refractivity contribution in [3.63, 3.8) is 0 Å². The summed E-state index contributed by atoms with van der Waals surface area (Å²) in [5.74, 6) is 0.436. The highest BCUT2D eigenvalue weighted by Crippen LogP contribution is 2.17. The fraction of sp³-hybridized carbons (Fsp3) is 0.235. The van der Waals surface area contributed by atoms with Gasteiger partial charge in [0.25, 0.3) is 0 Å². The summed E-state index contributed by atoms with van der Waals surface area (Å²) in [7, 11) is -3.65. The molecule has 0 aliphatic carbocycles. The minimum absolute atomic E-state index is 0.115. The summed E-state index contributed by atoms with van der Waals surface area (Å²) < 4.78 is 27.4. The van der Waals surface area contributed by atoms with Gasteiger partial charge in [0, 0.05) is 6.54 Å². The Balaban J connectivity index is 1.78. The molecule has 0 saturated heterocycles. The normalized spacial score (nSPS) is 12.1. The Morgan fingerprint density at radius 3 is 2.33 bits per heavy atom. The Morgan fingerprint density at radius 2 is 1.67 bits per heavy atom. The second-order valence-corrected chi connectivity index (χ2v) is 7.77. The molecule has 24 heavy (non-hydrogen) atoms. The highest BCUT2D eigenvalue weighted by atomic mass is 32.2. The van der Waals surface area contributed by atoms with Gasteiger partial charge >= 0.3 is 5.69 Å². The standard InChI is InChI=1S/C17H19N3O3S/c1-11(2)13-5-3-12(4-6-13)10-18-24(22,23)14-7-8-15-16(9-14)20-17(21)19-15/h3-9,11,18H,10H2,1-2H3,(H2,19,20,21). The third kappa shape index (κ3) is 3.42. The van der Waals surface area contributed by atoms with Crippen molar-refractivity contribution in [3.05, 3.63) is 64.1 Å². The first-order chi connectivity index (χ1) is 11.3. The monoisotopic (exact) mass is 345 g/mol. The van der Waals surface area contributed by atoms with E-state index in [4.69, 9.17) is 0 Å². The molecule has 0 radical (unpaired) electrons. The minimum Gasteiger partial charge on any atom is -0.306 e. The quantitative estimate of drug-likeness (QED) is 0.663. The molecule has 0 aliphatic heterocycles. The maximum Gasteiger partial charge on any atom is 0.323 e. The number of H-pyrrole nitrogens is 2. The molecule has 3 N–H and O–H groups in total. The Morgan fingerprint density at radius 1 is 1.00 bits per heavy atom. The number of benzene rings is 2. The van der Waals surface area contributed by atoms with E-state index in [0.717, 1.165) is 5.56 Å². The van der Waals surface area contributed by atoms with Gasteiger partial charge in [-0.1, -0.05) is 38.1 Å². The van der Waals surface area contributed by atoms with Gasteiger partial charge in [0.15, 0.2) is 0 Å². The molecule has 0 atom stereocenters. The fourth-order valence-corrected chi connectivity index (χ4v) is 3.50. The van der Waals surface area contributed by atoms with E-state index in [1.165, 1.54) is 17.7 Å². The number of hydrogen-bond acceptors (Lipinski definition) is 3. The number of rotatable bonds is 5. The summed E-state index contributed by atoms with van der Waals surface area (Å²) in [6.45, 7) is 4.43. The van der Waals surface area contributed by atoms with Gasteiger partial charge in [-0.3, -0.25) is 0 Å². The zero-order valence-corrected chi connectivity index (χ0v) is 14.3. The van der Waals surface area contributed by atoms with E-state index in [1.54, 1.807) is 6.07 Å². The highest BCUT2D eigenvalue weighted by molar-refractivity contribution is 7.89. The fourth-order valence-electron chi connectivity index (χ4n) is 2.46. The predicted octanol–water partition coefficient (Wildman–Crippen LogP) is 2.46. The van der Waals surface area contributed by atoms with Gasteiger partial charge in [0.2, 0.25) is 10.0 Å². The lowest BCUT2D eigenvalue weighted by molar-refractivity contribution is 0.581. The Kier molecular flexibility index (Phi) is 4.29. The van der Waals surface area contributed by atoms with E-state index < -0.39 is 10.0 Å². The van der Waals surface area contributed by atoms with Crippen LogP contribution in [-0.2, 0) is 16.6 Å². The average molecular weight is 345 g/mol. The van der Waals surface area contributed by atoms with Crippen molar-refractivity contribution in [1.82, 2.24) is 14.7 Å². The van der Waals surface area contributed by atoms with Crippen molar-refractivity contribution in [2.45, 2.75) is 31.2 Å². The van der Waals surface area contributed by atoms with Crippen molar-refractivity contribution in [1.29, 1.82) is 0 Å². The lowest BCUT2D eigenvalue weighted by atomic mass is 10.0. The molecule has 0 spiro atoms. The summed E-state index contributed by atoms with van der Waals surface area (Å²) in [6.07, 6.45) is 0. The van der Waals surface area contributed by atoms with Gasteiger partial charge in [-0.05, 0) is 35.2 Å². The van der Waals surface area contributed by atoms with Crippen molar-refractivity contribution in [3.8, 4) is 0 Å². The molecular weight excluding hydrogens is 326 g/mol. The van der Waals surface area contributed by atoms with Crippen molar-refractivity contribution in [2.24, 2.45) is 0 Å². The van der Waals surface area contributed by atoms with Crippen LogP contribution in [0.25, 0.3) is 11.0 Å². The van der Waals surface area contributed by atoms with Crippen LogP contribution in [0.5, 0.6) is 0 Å². The van der Waals surface area contributed by atoms with Crippen LogP contribution < -0.4 is 10.4 Å². The average Bonchev–Trinajstić information content (AvgIpc) is 2.92. The lowest BCUT2D eigenvalue weighted by Gasteiger charge is -2.09. The summed E-state index contributed by atoms with van der Waals surface area (Å²) in [5.41, 5.74) is 2.77. The number of sulfonamides is 1. The maximum absolute atomic E-state index is 12.4. The molecule has 1 aromatic heterocycles. The molecule has 3 aromatic rings. The molecule has 0 unspecified atom stereocenters. The topological polar surface area (TPSA) is 94.8 Å². The van der Waals surface area contributed by atoms with Crippen LogP contribution >= 0.6 is 0 Å². The third-order valence-electron chi connectivity index (χ3n) is 3.91. The van der Waals surface area contributed by atoms with E-state index in [1.807, 2.05) is 24.3 Å². The maximum atomic E-state index is 12.4. The minimum atomic E-state index is -3.65. The Labute approximate surface area is 140 Å². The second kappa shape index (κ2) is 6.26. The first-order valence-electron chi connectivity index (χ1n) is 7.66. The zero-order chi connectivity index (χ0) is 17.3. The largest absolute Gasteiger partial charge is 0.323 e. The van der Waals surface area contributed by atoms with Gasteiger partial charge < -0.3 is 9.97 Å². The number of nitrogens with one attached hydrogen (secondary N) is 3. The molecule has 0 bridgehead atoms. The van der Waals surface area contributed by atoms with E-state index in [9.17, 15) is 13.2 Å². The van der Waals surface area contributed by atoms with E-state index in [-0.39, 0.29) is 17.1 Å². The first kappa shape index (κ1) is 16.5. The molecule has 7 heteroatoms. The van der Waals surface area contributed by atoms with Crippen LogP contribution in [0.15, 0.2) is 52.2 Å². The van der Waals surface area contributed by atoms with Crippen LogP contribution in [0.2, 0.25) is 0 Å². The molecule has 126 valence electrons. The van der Waals surface area contributed by atoms with Gasteiger partial charge in [-0.15, -0.1) is 0 Å². The Hall–Kier alpha value is -2.38. The zero-order valence-electron chi connectivity index (χ0n) is 13.5. The third-order valence-corrected chi connectivity index (χ3v) is 5.31. The second-order valence-electron chi connectivity index (χ2n) is 6.01. The number of aromatic nitrogens is 2. The van der Waals surface area contributed by atoms with E-state index >= 15 is 0 Å². The van der Waals surface area contributed by atoms with Crippen LogP contribution in [0, 0.1) is 0 Å². The van der Waals surface area contributed by atoms with E-state index in [0.29, 0.717) is 17.0 Å². The SMILES string of the molecule is CC(C)c1ccc(CNS(=O)(=O)c2ccc3[nH]c(=O)[nH]c3c2)cc1. The predicted molar refractivity (Wildman–Crippen MR) is 93.5 cm³/mol. The van der Waals surface area contributed by atoms with Crippen LogP contribution in [0.3, 0.4) is 0 Å². The number of imidazole rings is 1. The van der Waals surface area contributed by atoms with Crippen molar-refractivity contribution < 1.29 is 8.42 Å². The smallest absolute Gasteiger partial charge is 0.306 e. The highest BCUT2D eigenvalue weighted by Gasteiger charge is 2.15. The van der Waals surface area contributed by atoms with Gasteiger partial charge in [-0.25, -0.2) is 17.9 Å². The Bertz CT molecular complexity index is 1020. The number of hydrogen-bond donors (Lipinski definition) is 3. The lowest BCUT2D eigenvalue weighted by Crippen LogP contribution is -2.23. The molecule has 6 nitrogen and oxygen atoms in total. The van der Waals surface area contributed by atoms with Crippen LogP contribution in [0.4, 0.5) is 0 Å². The van der Waals surface area contributed by atoms with Crippen LogP contribution in [-0.4, -0.2) is 18.4 Å². The molecule has 1 heterocycles. The molecular formula is C17H19N3O3S. The molecule has 2 aromatic carbocycles. The number of aromatic amines is 2. The molecule has 0 fully saturated rings. The summed E-state index contributed by atoms with van der Waals surface area (Å²) in [5, 5.41) is 0. The number of fused-ring (bicyclic) bond motifs is 1. The molecule has 0 amide bonds. The summed E-state index contributed by atoms with van der Waals surface area (Å²) in [6, 6.07) is 12.3. The van der Waals surface area contributed by atoms with Crippen molar-refractivity contribution in [2.75, 3.05) is 0 Å². The van der Waals surface area contributed by atoms with Gasteiger partial charge in [0.1, 0.15) is 0 Å². The summed E-state index contributed by atoms with van der Waals surface area (Å²) >= 11 is 0. The van der Waals surface area contributed by atoms with E-state index in [2.05, 4.69) is 28.5 Å². The molecule has 3 rings (SSSR count). The van der Waals surface area contributed by atoms with Gasteiger partial charge in [0.05, 0.1) is 15.9 Å². The first-order valence-corrected chi connectivity index (χ1v) is 9.14. The van der Waals surface area contributed by atoms with Gasteiger partial charge in [-0.2, -0.15) is 0 Å². The molecule has 0 aliphatic rings.